The Morgan fingerprint density at radius 3 is 2.74 bits per heavy atom. The Bertz CT molecular complexity index is 610. The van der Waals surface area contributed by atoms with Gasteiger partial charge in [0.1, 0.15) is 6.54 Å². The van der Waals surface area contributed by atoms with Crippen molar-refractivity contribution in [3.63, 3.8) is 0 Å². The van der Waals surface area contributed by atoms with Gasteiger partial charge < -0.3 is 14.5 Å². The zero-order chi connectivity index (χ0) is 16.2. The molecule has 7 nitrogen and oxygen atoms in total. The molecule has 2 aliphatic heterocycles. The van der Waals surface area contributed by atoms with Gasteiger partial charge in [0.25, 0.3) is 5.56 Å². The number of methoxy groups -OCH3 is 1. The van der Waals surface area contributed by atoms with Crippen molar-refractivity contribution in [3.8, 4) is 0 Å². The molecular formula is C16H24N4O3. The number of piperidine rings is 1. The van der Waals surface area contributed by atoms with E-state index in [4.69, 9.17) is 4.74 Å². The molecule has 23 heavy (non-hydrogen) atoms. The monoisotopic (exact) mass is 320 g/mol. The third kappa shape index (κ3) is 3.72. The van der Waals surface area contributed by atoms with E-state index < -0.39 is 0 Å². The highest BCUT2D eigenvalue weighted by atomic mass is 16.5. The highest BCUT2D eigenvalue weighted by molar-refractivity contribution is 5.76. The summed E-state index contributed by atoms with van der Waals surface area (Å²) in [6.45, 7) is 3.20. The number of amides is 1. The highest BCUT2D eigenvalue weighted by Gasteiger charge is 2.26. The van der Waals surface area contributed by atoms with Gasteiger partial charge in [-0.25, -0.2) is 4.68 Å². The van der Waals surface area contributed by atoms with Crippen LogP contribution in [0.4, 0.5) is 5.69 Å². The number of hydrogen-bond donors (Lipinski definition) is 0. The van der Waals surface area contributed by atoms with Crippen LogP contribution in [0.25, 0.3) is 0 Å². The van der Waals surface area contributed by atoms with E-state index in [2.05, 4.69) is 10.00 Å². The average Bonchev–Trinajstić information content (AvgIpc) is 3.07. The highest BCUT2D eigenvalue weighted by Crippen LogP contribution is 2.17. The average molecular weight is 320 g/mol. The van der Waals surface area contributed by atoms with Crippen LogP contribution in [-0.4, -0.2) is 60.0 Å². The summed E-state index contributed by atoms with van der Waals surface area (Å²) in [5, 5.41) is 4.19. The number of likely N-dealkylation sites (tertiary alicyclic amines) is 1. The molecule has 1 amide bonds. The van der Waals surface area contributed by atoms with Crippen LogP contribution >= 0.6 is 0 Å². The third-order valence-electron chi connectivity index (χ3n) is 4.69. The van der Waals surface area contributed by atoms with E-state index in [-0.39, 0.29) is 24.1 Å². The number of nitrogens with zero attached hydrogens (tertiary/aromatic N) is 4. The molecule has 0 aromatic carbocycles. The van der Waals surface area contributed by atoms with Crippen LogP contribution in [0.15, 0.2) is 17.1 Å². The largest absolute Gasteiger partial charge is 0.380 e. The zero-order valence-corrected chi connectivity index (χ0v) is 13.6. The molecule has 0 bridgehead atoms. The molecule has 2 aliphatic rings. The Hall–Kier alpha value is -1.89. The number of aromatic nitrogens is 2. The van der Waals surface area contributed by atoms with Crippen molar-refractivity contribution in [3.05, 3.63) is 22.6 Å². The predicted molar refractivity (Wildman–Crippen MR) is 86.6 cm³/mol. The lowest BCUT2D eigenvalue weighted by Gasteiger charge is -2.28. The Balaban J connectivity index is 1.64. The minimum Gasteiger partial charge on any atom is -0.380 e. The van der Waals surface area contributed by atoms with Crippen molar-refractivity contribution in [1.29, 1.82) is 0 Å². The molecule has 0 spiro atoms. The van der Waals surface area contributed by atoms with E-state index in [1.165, 1.54) is 11.1 Å². The van der Waals surface area contributed by atoms with E-state index in [0.717, 1.165) is 38.0 Å². The second kappa shape index (κ2) is 7.12. The standard InChI is InChI=1S/C16H24N4O3/c1-23-14-5-8-19(11-14)16(22)12-20-15(21)9-13(10-17-20)18-6-3-2-4-7-18/h9-10,14H,2-8,11-12H2,1H3/t14-/m1/s1. The number of carbonyl (C=O) groups is 1. The van der Waals surface area contributed by atoms with Gasteiger partial charge in [-0.2, -0.15) is 5.10 Å². The Kier molecular flexibility index (Phi) is 4.95. The number of hydrogen-bond acceptors (Lipinski definition) is 5. The minimum atomic E-state index is -0.219. The molecule has 0 saturated carbocycles. The summed E-state index contributed by atoms with van der Waals surface area (Å²) in [7, 11) is 1.66. The fourth-order valence-electron chi connectivity index (χ4n) is 3.24. The van der Waals surface area contributed by atoms with Crippen molar-refractivity contribution < 1.29 is 9.53 Å². The summed E-state index contributed by atoms with van der Waals surface area (Å²) < 4.78 is 6.51. The van der Waals surface area contributed by atoms with Gasteiger partial charge in [-0.05, 0) is 25.7 Å². The van der Waals surface area contributed by atoms with E-state index >= 15 is 0 Å². The van der Waals surface area contributed by atoms with E-state index in [9.17, 15) is 9.59 Å². The van der Waals surface area contributed by atoms with Crippen LogP contribution in [-0.2, 0) is 16.1 Å². The molecule has 2 saturated heterocycles. The Morgan fingerprint density at radius 2 is 2.09 bits per heavy atom. The van der Waals surface area contributed by atoms with Gasteiger partial charge >= 0.3 is 0 Å². The van der Waals surface area contributed by atoms with Gasteiger partial charge in [0, 0.05) is 39.4 Å². The third-order valence-corrected chi connectivity index (χ3v) is 4.69. The lowest BCUT2D eigenvalue weighted by atomic mass is 10.1. The van der Waals surface area contributed by atoms with Gasteiger partial charge in [-0.15, -0.1) is 0 Å². The SMILES string of the molecule is CO[C@@H]1CCN(C(=O)Cn2ncc(N3CCCCC3)cc2=O)C1. The van der Waals surface area contributed by atoms with Gasteiger partial charge in [0.05, 0.1) is 18.0 Å². The molecule has 0 aliphatic carbocycles. The maximum absolute atomic E-state index is 12.3. The molecular weight excluding hydrogens is 296 g/mol. The molecule has 0 radical (unpaired) electrons. The fraction of sp³-hybridized carbons (Fsp3) is 0.688. The van der Waals surface area contributed by atoms with Gasteiger partial charge in [0.2, 0.25) is 5.91 Å². The van der Waals surface area contributed by atoms with E-state index in [0.29, 0.717) is 13.1 Å². The minimum absolute atomic E-state index is 0.00442. The van der Waals surface area contributed by atoms with Crippen molar-refractivity contribution in [2.24, 2.45) is 0 Å². The Morgan fingerprint density at radius 1 is 1.30 bits per heavy atom. The maximum atomic E-state index is 12.3. The first-order valence-corrected chi connectivity index (χ1v) is 8.30. The van der Waals surface area contributed by atoms with Crippen molar-refractivity contribution in [1.82, 2.24) is 14.7 Å². The first-order valence-electron chi connectivity index (χ1n) is 8.30. The van der Waals surface area contributed by atoms with Crippen LogP contribution in [0.5, 0.6) is 0 Å². The zero-order valence-electron chi connectivity index (χ0n) is 13.6. The maximum Gasteiger partial charge on any atom is 0.269 e. The summed E-state index contributed by atoms with van der Waals surface area (Å²) in [6.07, 6.45) is 6.19. The van der Waals surface area contributed by atoms with Crippen molar-refractivity contribution in [2.45, 2.75) is 38.3 Å². The van der Waals surface area contributed by atoms with Crippen molar-refractivity contribution in [2.75, 3.05) is 38.2 Å². The molecule has 1 aromatic heterocycles. The summed E-state index contributed by atoms with van der Waals surface area (Å²) in [5.41, 5.74) is 0.642. The van der Waals surface area contributed by atoms with Gasteiger partial charge in [-0.3, -0.25) is 9.59 Å². The van der Waals surface area contributed by atoms with Gasteiger partial charge in [0.15, 0.2) is 0 Å². The second-order valence-corrected chi connectivity index (χ2v) is 6.24. The molecule has 0 N–H and O–H groups in total. The van der Waals surface area contributed by atoms with Crippen LogP contribution in [0, 0.1) is 0 Å². The molecule has 3 heterocycles. The molecule has 3 rings (SSSR count). The topological polar surface area (TPSA) is 67.7 Å². The van der Waals surface area contributed by atoms with Crippen LogP contribution < -0.4 is 10.5 Å². The predicted octanol–water partition coefficient (Wildman–Crippen LogP) is 0.481. The second-order valence-electron chi connectivity index (χ2n) is 6.24. The summed E-state index contributed by atoms with van der Waals surface area (Å²) >= 11 is 0. The first kappa shape index (κ1) is 16.0. The van der Waals surface area contributed by atoms with E-state index in [1.807, 2.05) is 0 Å². The summed E-state index contributed by atoms with van der Waals surface area (Å²) in [5.74, 6) is -0.0788. The molecule has 0 unspecified atom stereocenters. The van der Waals surface area contributed by atoms with E-state index in [1.54, 1.807) is 24.3 Å². The molecule has 2 fully saturated rings. The Labute approximate surface area is 135 Å². The number of rotatable bonds is 4. The summed E-state index contributed by atoms with van der Waals surface area (Å²) in [6, 6.07) is 1.59. The van der Waals surface area contributed by atoms with Crippen LogP contribution in [0.2, 0.25) is 0 Å². The first-order chi connectivity index (χ1) is 11.2. The molecule has 126 valence electrons. The van der Waals surface area contributed by atoms with Gasteiger partial charge in [-0.1, -0.05) is 0 Å². The quantitative estimate of drug-likeness (QED) is 0.807. The molecule has 1 aromatic rings. The molecule has 1 atom stereocenters. The lowest BCUT2D eigenvalue weighted by molar-refractivity contribution is -0.131. The van der Waals surface area contributed by atoms with Crippen molar-refractivity contribution >= 4 is 11.6 Å². The normalized spacial score (nSPS) is 21.7. The number of anilines is 1. The number of carbonyl (C=O) groups excluding carboxylic acids is 1. The smallest absolute Gasteiger partial charge is 0.269 e. The number of ether oxygens (including phenoxy) is 1. The van der Waals surface area contributed by atoms with Crippen LogP contribution in [0.3, 0.4) is 0 Å². The summed E-state index contributed by atoms with van der Waals surface area (Å²) in [4.78, 5) is 28.4. The fourth-order valence-corrected chi connectivity index (χ4v) is 3.24. The molecule has 7 heteroatoms. The lowest BCUT2D eigenvalue weighted by Crippen LogP contribution is -2.37. The van der Waals surface area contributed by atoms with Crippen LogP contribution in [0.1, 0.15) is 25.7 Å².